The van der Waals surface area contributed by atoms with Crippen molar-refractivity contribution >= 4 is 40.3 Å². The van der Waals surface area contributed by atoms with Crippen LogP contribution >= 0.6 is 11.6 Å². The molecule has 8 nitrogen and oxygen atoms in total. The number of amides is 3. The second-order valence-corrected chi connectivity index (χ2v) is 8.68. The highest BCUT2D eigenvalue weighted by atomic mass is 35.5. The molecule has 0 bridgehead atoms. The van der Waals surface area contributed by atoms with Gasteiger partial charge in [0.2, 0.25) is 0 Å². The Bertz CT molecular complexity index is 1390. The molecule has 2 heterocycles. The van der Waals surface area contributed by atoms with Crippen LogP contribution in [-0.2, 0) is 17.7 Å². The summed E-state index contributed by atoms with van der Waals surface area (Å²) in [4.78, 5) is 35.4. The Labute approximate surface area is 218 Å². The Kier molecular flexibility index (Phi) is 8.48. The minimum absolute atomic E-state index is 0.0328. The number of ether oxygens (including phenoxy) is 1. The first kappa shape index (κ1) is 25.8. The fourth-order valence-corrected chi connectivity index (χ4v) is 3.87. The number of likely N-dealkylation sites (N-methyl/N-ethyl adjacent to an activating group) is 1. The summed E-state index contributed by atoms with van der Waals surface area (Å²) in [6, 6.07) is 18.3. The van der Waals surface area contributed by atoms with Crippen LogP contribution in [0.2, 0.25) is 5.02 Å². The second-order valence-electron chi connectivity index (χ2n) is 8.30. The number of urea groups is 1. The van der Waals surface area contributed by atoms with E-state index in [1.165, 1.54) is 17.0 Å². The summed E-state index contributed by atoms with van der Waals surface area (Å²) in [6.07, 6.45) is 2.96. The molecular formula is C27H25ClFN5O3. The summed E-state index contributed by atoms with van der Waals surface area (Å²) in [5.74, 6) is -0.210. The van der Waals surface area contributed by atoms with Crippen molar-refractivity contribution in [3.63, 3.8) is 0 Å². The molecule has 3 amide bonds. The van der Waals surface area contributed by atoms with E-state index in [0.717, 1.165) is 16.5 Å². The molecule has 2 N–H and O–H groups in total. The number of pyridine rings is 2. The number of anilines is 1. The molecule has 0 aliphatic rings. The topological polar surface area (TPSA) is 96.5 Å². The molecule has 37 heavy (non-hydrogen) atoms. The van der Waals surface area contributed by atoms with Gasteiger partial charge in [-0.25, -0.2) is 19.0 Å². The van der Waals surface area contributed by atoms with E-state index in [0.29, 0.717) is 17.8 Å². The molecule has 10 heteroatoms. The molecule has 4 rings (SSSR count). The molecule has 0 saturated carbocycles. The Hall–Kier alpha value is -4.24. The average molecular weight is 522 g/mol. The van der Waals surface area contributed by atoms with E-state index < -0.39 is 24.0 Å². The predicted octanol–water partition coefficient (Wildman–Crippen LogP) is 5.42. The second kappa shape index (κ2) is 12.1. The van der Waals surface area contributed by atoms with Crippen LogP contribution in [0.3, 0.4) is 0 Å². The van der Waals surface area contributed by atoms with Gasteiger partial charge in [0, 0.05) is 43.5 Å². The molecule has 0 unspecified atom stereocenters. The molecule has 4 aromatic rings. The largest absolute Gasteiger partial charge is 0.447 e. The summed E-state index contributed by atoms with van der Waals surface area (Å²) >= 11 is 5.99. The molecule has 0 spiro atoms. The van der Waals surface area contributed by atoms with Crippen molar-refractivity contribution in [2.24, 2.45) is 0 Å². The minimum Gasteiger partial charge on any atom is -0.447 e. The number of hydrogen-bond acceptors (Lipinski definition) is 5. The van der Waals surface area contributed by atoms with Gasteiger partial charge in [-0.15, -0.1) is 0 Å². The smallest absolute Gasteiger partial charge is 0.412 e. The quantitative estimate of drug-likeness (QED) is 0.322. The van der Waals surface area contributed by atoms with Crippen LogP contribution in [0.4, 0.5) is 19.8 Å². The lowest BCUT2D eigenvalue weighted by atomic mass is 10.1. The third-order valence-corrected chi connectivity index (χ3v) is 6.19. The van der Waals surface area contributed by atoms with Crippen LogP contribution in [0.5, 0.6) is 0 Å². The lowest BCUT2D eigenvalue weighted by Crippen LogP contribution is -2.47. The van der Waals surface area contributed by atoms with E-state index in [1.807, 2.05) is 36.4 Å². The van der Waals surface area contributed by atoms with E-state index in [2.05, 4.69) is 20.6 Å². The zero-order valence-electron chi connectivity index (χ0n) is 20.0. The van der Waals surface area contributed by atoms with Crippen molar-refractivity contribution < 1.29 is 18.7 Å². The van der Waals surface area contributed by atoms with Crippen LogP contribution in [0.1, 0.15) is 11.3 Å². The first-order chi connectivity index (χ1) is 17.9. The maximum atomic E-state index is 13.7. The monoisotopic (exact) mass is 521 g/mol. The average Bonchev–Trinajstić information content (AvgIpc) is 2.91. The molecule has 190 valence electrons. The predicted molar refractivity (Wildman–Crippen MR) is 140 cm³/mol. The fourth-order valence-electron chi connectivity index (χ4n) is 3.68. The molecule has 0 fully saturated rings. The number of hydrogen-bond donors (Lipinski definition) is 2. The van der Waals surface area contributed by atoms with Gasteiger partial charge in [-0.05, 0) is 35.2 Å². The number of rotatable bonds is 8. The number of nitrogens with one attached hydrogen (secondary N) is 2. The van der Waals surface area contributed by atoms with Crippen LogP contribution < -0.4 is 10.6 Å². The molecule has 0 radical (unpaired) electrons. The molecule has 0 aliphatic heterocycles. The number of fused-ring (bicyclic) bond motifs is 1. The Balaban J connectivity index is 1.40. The highest BCUT2D eigenvalue weighted by Crippen LogP contribution is 2.20. The molecule has 1 atom stereocenters. The fraction of sp³-hybridized carbons (Fsp3) is 0.185. The highest BCUT2D eigenvalue weighted by Gasteiger charge is 2.23. The third-order valence-electron chi connectivity index (χ3n) is 5.77. The summed E-state index contributed by atoms with van der Waals surface area (Å²) < 4.78 is 19.2. The van der Waals surface area contributed by atoms with Crippen molar-refractivity contribution in [2.45, 2.75) is 19.0 Å². The Morgan fingerprint density at radius 3 is 2.62 bits per heavy atom. The van der Waals surface area contributed by atoms with E-state index >= 15 is 0 Å². The van der Waals surface area contributed by atoms with Crippen molar-refractivity contribution in [1.29, 1.82) is 0 Å². The van der Waals surface area contributed by atoms with Gasteiger partial charge in [0.15, 0.2) is 0 Å². The Morgan fingerprint density at radius 2 is 1.84 bits per heavy atom. The van der Waals surface area contributed by atoms with Gasteiger partial charge in [0.05, 0.1) is 11.1 Å². The lowest BCUT2D eigenvalue weighted by Gasteiger charge is -2.28. The maximum absolute atomic E-state index is 13.7. The van der Waals surface area contributed by atoms with Gasteiger partial charge in [-0.2, -0.15) is 0 Å². The molecule has 2 aromatic carbocycles. The zero-order valence-corrected chi connectivity index (χ0v) is 20.8. The number of carbonyl (C=O) groups is 2. The van der Waals surface area contributed by atoms with E-state index in [4.69, 9.17) is 16.3 Å². The number of halogens is 2. The van der Waals surface area contributed by atoms with Gasteiger partial charge in [0.1, 0.15) is 18.2 Å². The van der Waals surface area contributed by atoms with Crippen LogP contribution in [0, 0.1) is 5.82 Å². The van der Waals surface area contributed by atoms with E-state index in [9.17, 15) is 14.0 Å². The Morgan fingerprint density at radius 1 is 1.05 bits per heavy atom. The van der Waals surface area contributed by atoms with Crippen molar-refractivity contribution in [2.75, 3.05) is 19.0 Å². The highest BCUT2D eigenvalue weighted by molar-refractivity contribution is 6.31. The minimum atomic E-state index is -0.700. The molecule has 0 saturated heterocycles. The summed E-state index contributed by atoms with van der Waals surface area (Å²) in [6.45, 7) is -0.0638. The van der Waals surface area contributed by atoms with Crippen molar-refractivity contribution in [3.05, 3.63) is 101 Å². The number of benzene rings is 2. The molecular weight excluding hydrogens is 497 g/mol. The zero-order chi connectivity index (χ0) is 26.2. The first-order valence-electron chi connectivity index (χ1n) is 11.5. The number of carbonyl (C=O) groups excluding carboxylic acids is 2. The maximum Gasteiger partial charge on any atom is 0.412 e. The van der Waals surface area contributed by atoms with Crippen molar-refractivity contribution in [3.8, 4) is 0 Å². The van der Waals surface area contributed by atoms with Gasteiger partial charge in [-0.3, -0.25) is 10.3 Å². The molecule has 2 aromatic heterocycles. The first-order valence-corrected chi connectivity index (χ1v) is 11.9. The van der Waals surface area contributed by atoms with Crippen molar-refractivity contribution in [1.82, 2.24) is 20.2 Å². The van der Waals surface area contributed by atoms with Gasteiger partial charge in [0.25, 0.3) is 0 Å². The van der Waals surface area contributed by atoms with Crippen LogP contribution in [0.25, 0.3) is 10.8 Å². The van der Waals surface area contributed by atoms with Gasteiger partial charge in [-0.1, -0.05) is 54.1 Å². The summed E-state index contributed by atoms with van der Waals surface area (Å²) in [5, 5.41) is 7.18. The normalized spacial score (nSPS) is 11.5. The van der Waals surface area contributed by atoms with Gasteiger partial charge >= 0.3 is 12.1 Å². The number of aromatic nitrogens is 2. The summed E-state index contributed by atoms with van der Waals surface area (Å²) in [5.41, 5.74) is 1.17. The van der Waals surface area contributed by atoms with E-state index in [-0.39, 0.29) is 18.2 Å². The number of nitrogens with zero attached hydrogens (tertiary/aromatic N) is 3. The summed E-state index contributed by atoms with van der Waals surface area (Å²) in [7, 11) is 1.59. The van der Waals surface area contributed by atoms with Crippen LogP contribution in [-0.4, -0.2) is 46.7 Å². The third kappa shape index (κ3) is 6.92. The van der Waals surface area contributed by atoms with E-state index in [1.54, 1.807) is 37.6 Å². The lowest BCUT2D eigenvalue weighted by molar-refractivity contribution is 0.116. The standard InChI is InChI=1S/C27H25ClFN5O3/c1-34(26(35)32-16-20-9-6-11-23(29)25(20)28)22(14-21-10-4-5-12-30-21)17-37-27(36)33-24-13-18-7-2-3-8-19(18)15-31-24/h2-13,15,22H,14,16-17H2,1H3,(H,32,35)(H,31,33,36)/t22-/m0/s1. The van der Waals surface area contributed by atoms with Gasteiger partial charge < -0.3 is 15.0 Å². The van der Waals surface area contributed by atoms with Crippen LogP contribution in [0.15, 0.2) is 79.1 Å². The molecule has 0 aliphatic carbocycles. The SMILES string of the molecule is CN(C(=O)NCc1cccc(F)c1Cl)[C@H](COC(=O)Nc1cc2ccccc2cn1)Cc1ccccn1.